The molecule has 0 saturated heterocycles. The van der Waals surface area contributed by atoms with Crippen LogP contribution in [0.3, 0.4) is 0 Å². The summed E-state index contributed by atoms with van der Waals surface area (Å²) in [5.74, 6) is -0.917. The second-order valence-corrected chi connectivity index (χ2v) is 5.94. The summed E-state index contributed by atoms with van der Waals surface area (Å²) < 4.78 is 9.59. The molecule has 1 aromatic rings. The highest BCUT2D eigenvalue weighted by atomic mass is 16.6. The van der Waals surface area contributed by atoms with Gasteiger partial charge in [0, 0.05) is 12.1 Å². The third kappa shape index (κ3) is 5.51. The van der Waals surface area contributed by atoms with E-state index >= 15 is 0 Å². The molecular weight excluding hydrogens is 320 g/mol. The fourth-order valence-electron chi connectivity index (χ4n) is 1.84. The lowest BCUT2D eigenvalue weighted by Crippen LogP contribution is -2.47. The Morgan fingerprint density at radius 3 is 2.46 bits per heavy atom. The minimum atomic E-state index is -1.55. The average molecular weight is 340 g/mol. The molecule has 24 heavy (non-hydrogen) atoms. The zero-order chi connectivity index (χ0) is 18.5. The third-order valence-electron chi connectivity index (χ3n) is 2.87. The van der Waals surface area contributed by atoms with Gasteiger partial charge in [0.25, 0.3) is 5.69 Å². The second-order valence-electron chi connectivity index (χ2n) is 5.94. The van der Waals surface area contributed by atoms with Crippen LogP contribution >= 0.6 is 0 Å². The zero-order valence-electron chi connectivity index (χ0n) is 13.8. The van der Waals surface area contributed by atoms with Crippen molar-refractivity contribution in [2.75, 3.05) is 7.11 Å². The van der Waals surface area contributed by atoms with E-state index in [-0.39, 0.29) is 11.3 Å². The largest absolute Gasteiger partial charge is 0.467 e. The normalized spacial score (nSPS) is 13.5. The second kappa shape index (κ2) is 7.73. The standard InChI is InChI=1S/C15H20N2O7/c1-15(2,3)24-14(20)16-11(13(19)23-4)12(18)9-6-5-7-10(8-9)17(21)22/h5-8,11-12,18H,1-4H3,(H,16,20)/t11-,12-/m0/s1. The van der Waals surface area contributed by atoms with Gasteiger partial charge in [-0.1, -0.05) is 12.1 Å². The molecular formula is C15H20N2O7. The molecule has 0 fully saturated rings. The first-order valence-electron chi connectivity index (χ1n) is 7.05. The number of amides is 1. The summed E-state index contributed by atoms with van der Waals surface area (Å²) in [5.41, 5.74) is -0.982. The van der Waals surface area contributed by atoms with Gasteiger partial charge >= 0.3 is 12.1 Å². The van der Waals surface area contributed by atoms with Gasteiger partial charge in [0.2, 0.25) is 0 Å². The third-order valence-corrected chi connectivity index (χ3v) is 2.87. The Morgan fingerprint density at radius 2 is 1.96 bits per heavy atom. The predicted octanol–water partition coefficient (Wildman–Crippen LogP) is 1.69. The first-order chi connectivity index (χ1) is 11.0. The van der Waals surface area contributed by atoms with Gasteiger partial charge in [-0.25, -0.2) is 9.59 Å². The van der Waals surface area contributed by atoms with Crippen LogP contribution in [0.15, 0.2) is 24.3 Å². The highest BCUT2D eigenvalue weighted by molar-refractivity contribution is 5.82. The lowest BCUT2D eigenvalue weighted by Gasteiger charge is -2.25. The minimum Gasteiger partial charge on any atom is -0.467 e. The van der Waals surface area contributed by atoms with E-state index in [1.54, 1.807) is 20.8 Å². The number of nitro benzene ring substituents is 1. The van der Waals surface area contributed by atoms with Crippen molar-refractivity contribution in [2.45, 2.75) is 38.5 Å². The van der Waals surface area contributed by atoms with Crippen molar-refractivity contribution < 1.29 is 29.1 Å². The summed E-state index contributed by atoms with van der Waals surface area (Å²) in [7, 11) is 1.09. The van der Waals surface area contributed by atoms with Crippen molar-refractivity contribution in [1.29, 1.82) is 0 Å². The first-order valence-corrected chi connectivity index (χ1v) is 7.05. The molecule has 1 aromatic carbocycles. The van der Waals surface area contributed by atoms with Gasteiger partial charge in [0.05, 0.1) is 12.0 Å². The molecule has 1 amide bonds. The number of carbonyl (C=O) groups excluding carboxylic acids is 2. The molecule has 132 valence electrons. The molecule has 0 aliphatic rings. The van der Waals surface area contributed by atoms with Crippen LogP contribution in [0, 0.1) is 10.1 Å². The number of non-ortho nitro benzene ring substituents is 1. The minimum absolute atomic E-state index is 0.0793. The van der Waals surface area contributed by atoms with E-state index in [2.05, 4.69) is 10.1 Å². The number of esters is 1. The number of ether oxygens (including phenoxy) is 2. The number of hydrogen-bond acceptors (Lipinski definition) is 7. The Kier molecular flexibility index (Phi) is 6.24. The number of aliphatic hydroxyl groups excluding tert-OH is 1. The van der Waals surface area contributed by atoms with Crippen LogP contribution in [0.25, 0.3) is 0 Å². The van der Waals surface area contributed by atoms with Gasteiger partial charge in [-0.3, -0.25) is 10.1 Å². The molecule has 0 radical (unpaired) electrons. The number of nitrogens with zero attached hydrogens (tertiary/aromatic N) is 1. The van der Waals surface area contributed by atoms with Crippen LogP contribution in [0.1, 0.15) is 32.4 Å². The molecule has 0 aliphatic heterocycles. The average Bonchev–Trinajstić information content (AvgIpc) is 2.49. The van der Waals surface area contributed by atoms with Crippen molar-refractivity contribution in [3.8, 4) is 0 Å². The Labute approximate surface area is 138 Å². The molecule has 0 aliphatic carbocycles. The Bertz CT molecular complexity index is 624. The van der Waals surface area contributed by atoms with Gasteiger partial charge in [-0.15, -0.1) is 0 Å². The van der Waals surface area contributed by atoms with Crippen molar-refractivity contribution in [1.82, 2.24) is 5.32 Å². The summed E-state index contributed by atoms with van der Waals surface area (Å²) in [5, 5.41) is 23.4. The number of nitro groups is 1. The number of alkyl carbamates (subject to hydrolysis) is 1. The lowest BCUT2D eigenvalue weighted by atomic mass is 10.0. The van der Waals surface area contributed by atoms with E-state index in [1.165, 1.54) is 18.2 Å². The maximum Gasteiger partial charge on any atom is 0.408 e. The number of carbonyl (C=O) groups is 2. The summed E-state index contributed by atoms with van der Waals surface area (Å²) in [6, 6.07) is 3.62. The number of benzene rings is 1. The topological polar surface area (TPSA) is 128 Å². The number of rotatable bonds is 5. The van der Waals surface area contributed by atoms with Gasteiger partial charge in [0.15, 0.2) is 6.04 Å². The Hall–Kier alpha value is -2.68. The molecule has 0 heterocycles. The molecule has 2 atom stereocenters. The molecule has 1 rings (SSSR count). The summed E-state index contributed by atoms with van der Waals surface area (Å²) >= 11 is 0. The zero-order valence-corrected chi connectivity index (χ0v) is 13.8. The predicted molar refractivity (Wildman–Crippen MR) is 83.2 cm³/mol. The highest BCUT2D eigenvalue weighted by Gasteiger charge is 2.33. The van der Waals surface area contributed by atoms with E-state index < -0.39 is 34.7 Å². The SMILES string of the molecule is COC(=O)[C@@H](NC(=O)OC(C)(C)C)[C@@H](O)c1cccc([N+](=O)[O-])c1. The number of methoxy groups -OCH3 is 1. The molecule has 9 heteroatoms. The van der Waals surface area contributed by atoms with E-state index in [4.69, 9.17) is 4.74 Å². The molecule has 0 saturated carbocycles. The molecule has 0 aromatic heterocycles. The summed E-state index contributed by atoms with van der Waals surface area (Å²) in [6.07, 6.45) is -2.48. The summed E-state index contributed by atoms with van der Waals surface area (Å²) in [6.45, 7) is 4.91. The van der Waals surface area contributed by atoms with Crippen LogP contribution in [0.5, 0.6) is 0 Å². The van der Waals surface area contributed by atoms with Crippen LogP contribution in [-0.2, 0) is 14.3 Å². The van der Waals surface area contributed by atoms with Crippen LogP contribution in [0.2, 0.25) is 0 Å². The van der Waals surface area contributed by atoms with Crippen molar-refractivity contribution in [3.63, 3.8) is 0 Å². The van der Waals surface area contributed by atoms with E-state index in [0.29, 0.717) is 0 Å². The van der Waals surface area contributed by atoms with Crippen molar-refractivity contribution >= 4 is 17.7 Å². The summed E-state index contributed by atoms with van der Waals surface area (Å²) in [4.78, 5) is 33.9. The number of hydrogen-bond donors (Lipinski definition) is 2. The Balaban J connectivity index is 3.03. The molecule has 9 nitrogen and oxygen atoms in total. The van der Waals surface area contributed by atoms with Gasteiger partial charge in [-0.05, 0) is 26.3 Å². The molecule has 0 bridgehead atoms. The Morgan fingerprint density at radius 1 is 1.33 bits per heavy atom. The van der Waals surface area contributed by atoms with Crippen molar-refractivity contribution in [2.24, 2.45) is 0 Å². The maximum absolute atomic E-state index is 11.9. The molecule has 2 N–H and O–H groups in total. The van der Waals surface area contributed by atoms with E-state index in [0.717, 1.165) is 13.2 Å². The van der Waals surface area contributed by atoms with Crippen LogP contribution in [-0.4, -0.2) is 40.8 Å². The van der Waals surface area contributed by atoms with Gasteiger partial charge < -0.3 is 19.9 Å². The smallest absolute Gasteiger partial charge is 0.408 e. The molecule has 0 unspecified atom stereocenters. The van der Waals surface area contributed by atoms with Gasteiger partial charge in [-0.2, -0.15) is 0 Å². The molecule has 0 spiro atoms. The number of aliphatic hydroxyl groups is 1. The van der Waals surface area contributed by atoms with Gasteiger partial charge in [0.1, 0.15) is 11.7 Å². The van der Waals surface area contributed by atoms with Crippen LogP contribution in [0.4, 0.5) is 10.5 Å². The maximum atomic E-state index is 11.9. The van der Waals surface area contributed by atoms with Crippen LogP contribution < -0.4 is 5.32 Å². The highest BCUT2D eigenvalue weighted by Crippen LogP contribution is 2.22. The fraction of sp³-hybridized carbons (Fsp3) is 0.467. The first kappa shape index (κ1) is 19.4. The fourth-order valence-corrected chi connectivity index (χ4v) is 1.84. The van der Waals surface area contributed by atoms with E-state index in [1.807, 2.05) is 0 Å². The quantitative estimate of drug-likeness (QED) is 0.474. The lowest BCUT2D eigenvalue weighted by molar-refractivity contribution is -0.385. The monoisotopic (exact) mass is 340 g/mol. The number of nitrogens with one attached hydrogen (secondary N) is 1. The van der Waals surface area contributed by atoms with E-state index in [9.17, 15) is 24.8 Å². The van der Waals surface area contributed by atoms with Crippen molar-refractivity contribution in [3.05, 3.63) is 39.9 Å².